The zero-order valence-corrected chi connectivity index (χ0v) is 20.1. The summed E-state index contributed by atoms with van der Waals surface area (Å²) in [7, 11) is -2.90. The first-order chi connectivity index (χ1) is 16.4. The van der Waals surface area contributed by atoms with Crippen LogP contribution in [-0.2, 0) is 21.1 Å². The van der Waals surface area contributed by atoms with E-state index in [0.717, 1.165) is 25.1 Å². The van der Waals surface area contributed by atoms with Crippen molar-refractivity contribution in [2.75, 3.05) is 56.1 Å². The van der Waals surface area contributed by atoms with Crippen LogP contribution in [0.2, 0.25) is 0 Å². The van der Waals surface area contributed by atoms with Crippen molar-refractivity contribution in [3.05, 3.63) is 65.7 Å². The summed E-state index contributed by atoms with van der Waals surface area (Å²) in [5, 5.41) is 5.82. The van der Waals surface area contributed by atoms with Crippen LogP contribution in [0.25, 0.3) is 0 Å². The number of sulfone groups is 1. The fourth-order valence-corrected chi connectivity index (χ4v) is 6.35. The number of nitrogens with one attached hydrogen (secondary N) is 2. The summed E-state index contributed by atoms with van der Waals surface area (Å²) in [5.41, 5.74) is 2.09. The Morgan fingerprint density at radius 2 is 1.65 bits per heavy atom. The molecule has 2 aliphatic heterocycles. The molecule has 2 aliphatic rings. The molecule has 2 aromatic rings. The molecule has 34 heavy (non-hydrogen) atoms. The van der Waals surface area contributed by atoms with Gasteiger partial charge in [0.05, 0.1) is 29.3 Å². The van der Waals surface area contributed by atoms with Gasteiger partial charge in [-0.3, -0.25) is 19.4 Å². The zero-order valence-electron chi connectivity index (χ0n) is 19.3. The summed E-state index contributed by atoms with van der Waals surface area (Å²) < 4.78 is 23.5. The standard InChI is InChI=1S/C25H32N4O4S/c30-24(18-28-13-15-29(16-14-28)21-11-17-34(32,33)19-21)27-23-9-5-4-8-22(23)25(31)26-12-10-20-6-2-1-3-7-20/h1-9,21H,10-19H2,(H,26,31)(H,27,30). The molecule has 2 fully saturated rings. The maximum Gasteiger partial charge on any atom is 0.253 e. The molecule has 1 unspecified atom stereocenters. The highest BCUT2D eigenvalue weighted by Gasteiger charge is 2.33. The normalized spacial score (nSPS) is 20.6. The Morgan fingerprint density at radius 3 is 2.35 bits per heavy atom. The second kappa shape index (κ2) is 11.1. The van der Waals surface area contributed by atoms with Gasteiger partial charge in [-0.1, -0.05) is 42.5 Å². The molecule has 0 radical (unpaired) electrons. The summed E-state index contributed by atoms with van der Waals surface area (Å²) in [6, 6.07) is 17.1. The van der Waals surface area contributed by atoms with Gasteiger partial charge in [-0.05, 0) is 30.5 Å². The number of benzene rings is 2. The molecular formula is C25H32N4O4S. The molecule has 4 rings (SSSR count). The molecule has 2 aromatic carbocycles. The predicted molar refractivity (Wildman–Crippen MR) is 133 cm³/mol. The Hall–Kier alpha value is -2.75. The van der Waals surface area contributed by atoms with E-state index in [9.17, 15) is 18.0 Å². The number of para-hydroxylation sites is 1. The van der Waals surface area contributed by atoms with Crippen molar-refractivity contribution in [2.45, 2.75) is 18.9 Å². The van der Waals surface area contributed by atoms with Gasteiger partial charge in [-0.2, -0.15) is 0 Å². The molecule has 0 spiro atoms. The van der Waals surface area contributed by atoms with Gasteiger partial charge in [-0.15, -0.1) is 0 Å². The Morgan fingerprint density at radius 1 is 0.941 bits per heavy atom. The lowest BCUT2D eigenvalue weighted by atomic mass is 10.1. The monoisotopic (exact) mass is 484 g/mol. The minimum Gasteiger partial charge on any atom is -0.352 e. The molecule has 1 atom stereocenters. The van der Waals surface area contributed by atoms with Gasteiger partial charge in [0.1, 0.15) is 0 Å². The van der Waals surface area contributed by atoms with Gasteiger partial charge >= 0.3 is 0 Å². The Labute approximate surface area is 201 Å². The summed E-state index contributed by atoms with van der Waals surface area (Å²) in [6.07, 6.45) is 1.44. The van der Waals surface area contributed by atoms with Gasteiger partial charge < -0.3 is 10.6 Å². The average Bonchev–Trinajstić information content (AvgIpc) is 3.20. The Balaban J connectivity index is 1.24. The number of piperazine rings is 1. The lowest BCUT2D eigenvalue weighted by molar-refractivity contribution is -0.117. The number of nitrogens with zero attached hydrogens (tertiary/aromatic N) is 2. The number of amides is 2. The van der Waals surface area contributed by atoms with E-state index in [1.54, 1.807) is 24.3 Å². The van der Waals surface area contributed by atoms with E-state index < -0.39 is 9.84 Å². The number of carbonyl (C=O) groups excluding carboxylic acids is 2. The van der Waals surface area contributed by atoms with Gasteiger partial charge in [0, 0.05) is 38.8 Å². The lowest BCUT2D eigenvalue weighted by Gasteiger charge is -2.37. The van der Waals surface area contributed by atoms with E-state index in [1.165, 1.54) is 0 Å². The first-order valence-corrected chi connectivity index (χ1v) is 13.6. The number of rotatable bonds is 8. The highest BCUT2D eigenvalue weighted by molar-refractivity contribution is 7.91. The first-order valence-electron chi connectivity index (χ1n) is 11.8. The van der Waals surface area contributed by atoms with E-state index >= 15 is 0 Å². The SMILES string of the molecule is O=C(CN1CCN(C2CCS(=O)(=O)C2)CC1)Nc1ccccc1C(=O)NCCc1ccccc1. The van der Waals surface area contributed by atoms with Crippen LogP contribution in [-0.4, -0.2) is 86.8 Å². The maximum absolute atomic E-state index is 12.7. The van der Waals surface area contributed by atoms with E-state index in [2.05, 4.69) is 20.4 Å². The van der Waals surface area contributed by atoms with Crippen molar-refractivity contribution in [1.29, 1.82) is 0 Å². The summed E-state index contributed by atoms with van der Waals surface area (Å²) >= 11 is 0. The lowest BCUT2D eigenvalue weighted by Crippen LogP contribution is -2.52. The summed E-state index contributed by atoms with van der Waals surface area (Å²) in [4.78, 5) is 29.7. The molecule has 2 heterocycles. The van der Waals surface area contributed by atoms with Gasteiger partial charge in [0.15, 0.2) is 9.84 Å². The van der Waals surface area contributed by atoms with Crippen molar-refractivity contribution in [2.24, 2.45) is 0 Å². The second-order valence-electron chi connectivity index (χ2n) is 8.95. The fraction of sp³-hybridized carbons (Fsp3) is 0.440. The van der Waals surface area contributed by atoms with E-state index in [4.69, 9.17) is 0 Å². The predicted octanol–water partition coefficient (Wildman–Crippen LogP) is 1.40. The van der Waals surface area contributed by atoms with Crippen LogP contribution in [0, 0.1) is 0 Å². The third kappa shape index (κ3) is 6.65. The van der Waals surface area contributed by atoms with Crippen LogP contribution in [0.3, 0.4) is 0 Å². The van der Waals surface area contributed by atoms with Crippen molar-refractivity contribution in [3.63, 3.8) is 0 Å². The van der Waals surface area contributed by atoms with Gasteiger partial charge in [-0.25, -0.2) is 8.42 Å². The van der Waals surface area contributed by atoms with E-state index in [1.807, 2.05) is 30.3 Å². The first kappa shape index (κ1) is 24.4. The van der Waals surface area contributed by atoms with E-state index in [0.29, 0.717) is 37.3 Å². The maximum atomic E-state index is 12.7. The molecule has 182 valence electrons. The third-order valence-electron chi connectivity index (χ3n) is 6.49. The minimum absolute atomic E-state index is 0.105. The molecule has 0 aliphatic carbocycles. The highest BCUT2D eigenvalue weighted by Crippen LogP contribution is 2.19. The van der Waals surface area contributed by atoms with Crippen molar-refractivity contribution in [3.8, 4) is 0 Å². The van der Waals surface area contributed by atoms with Crippen LogP contribution in [0.5, 0.6) is 0 Å². The molecule has 2 N–H and O–H groups in total. The molecule has 8 nitrogen and oxygen atoms in total. The molecule has 0 saturated carbocycles. The summed E-state index contributed by atoms with van der Waals surface area (Å²) in [5.74, 6) is 0.144. The molecule has 2 saturated heterocycles. The Bertz CT molecular complexity index is 1100. The molecular weight excluding hydrogens is 452 g/mol. The largest absolute Gasteiger partial charge is 0.352 e. The van der Waals surface area contributed by atoms with E-state index in [-0.39, 0.29) is 35.9 Å². The molecule has 0 bridgehead atoms. The quantitative estimate of drug-likeness (QED) is 0.588. The number of carbonyl (C=O) groups is 2. The van der Waals surface area contributed by atoms with Crippen LogP contribution < -0.4 is 10.6 Å². The highest BCUT2D eigenvalue weighted by atomic mass is 32.2. The van der Waals surface area contributed by atoms with Crippen LogP contribution >= 0.6 is 0 Å². The van der Waals surface area contributed by atoms with Crippen LogP contribution in [0.4, 0.5) is 5.69 Å². The number of hydrogen-bond donors (Lipinski definition) is 2. The minimum atomic E-state index is -2.90. The second-order valence-corrected chi connectivity index (χ2v) is 11.2. The molecule has 0 aromatic heterocycles. The van der Waals surface area contributed by atoms with Crippen molar-refractivity contribution >= 4 is 27.3 Å². The molecule has 9 heteroatoms. The zero-order chi connectivity index (χ0) is 24.0. The molecule has 2 amide bonds. The van der Waals surface area contributed by atoms with Gasteiger partial charge in [0.2, 0.25) is 5.91 Å². The fourth-order valence-electron chi connectivity index (χ4n) is 4.59. The average molecular weight is 485 g/mol. The van der Waals surface area contributed by atoms with Crippen LogP contribution in [0.15, 0.2) is 54.6 Å². The number of hydrogen-bond acceptors (Lipinski definition) is 6. The smallest absolute Gasteiger partial charge is 0.253 e. The van der Waals surface area contributed by atoms with Gasteiger partial charge in [0.25, 0.3) is 5.91 Å². The number of anilines is 1. The van der Waals surface area contributed by atoms with Crippen molar-refractivity contribution < 1.29 is 18.0 Å². The Kier molecular flexibility index (Phi) is 7.97. The summed E-state index contributed by atoms with van der Waals surface area (Å²) in [6.45, 7) is 3.69. The topological polar surface area (TPSA) is 98.8 Å². The van der Waals surface area contributed by atoms with Crippen LogP contribution in [0.1, 0.15) is 22.3 Å². The third-order valence-corrected chi connectivity index (χ3v) is 8.24. The van der Waals surface area contributed by atoms with Crippen molar-refractivity contribution in [1.82, 2.24) is 15.1 Å².